The van der Waals surface area contributed by atoms with Crippen molar-refractivity contribution >= 4 is 5.91 Å². The van der Waals surface area contributed by atoms with Crippen LogP contribution in [0.15, 0.2) is 24.3 Å². The molecule has 2 saturated heterocycles. The van der Waals surface area contributed by atoms with Crippen molar-refractivity contribution < 1.29 is 18.0 Å². The normalized spacial score (nSPS) is 23.3. The van der Waals surface area contributed by atoms with Crippen molar-refractivity contribution in [2.45, 2.75) is 18.4 Å². The van der Waals surface area contributed by atoms with E-state index in [0.717, 1.165) is 50.4 Å². The van der Waals surface area contributed by atoms with Gasteiger partial charge in [0, 0.05) is 50.9 Å². The number of hydrogen-bond donors (Lipinski definition) is 1. The first-order valence-corrected chi connectivity index (χ1v) is 7.86. The first-order valence-electron chi connectivity index (χ1n) is 7.86. The molecule has 1 amide bonds. The van der Waals surface area contributed by atoms with Crippen molar-refractivity contribution in [3.05, 3.63) is 35.6 Å². The summed E-state index contributed by atoms with van der Waals surface area (Å²) in [7, 11) is 0. The zero-order valence-electron chi connectivity index (χ0n) is 12.8. The van der Waals surface area contributed by atoms with Crippen molar-refractivity contribution in [2.24, 2.45) is 0 Å². The minimum Gasteiger partial charge on any atom is -0.336 e. The summed E-state index contributed by atoms with van der Waals surface area (Å²) in [4.78, 5) is 15.7. The predicted molar refractivity (Wildman–Crippen MR) is 79.7 cm³/mol. The van der Waals surface area contributed by atoms with Gasteiger partial charge in [0.05, 0.1) is 0 Å². The predicted octanol–water partition coefficient (Wildman–Crippen LogP) is 1.42. The van der Waals surface area contributed by atoms with E-state index in [2.05, 4.69) is 10.2 Å². The molecule has 0 spiro atoms. The molecule has 0 bridgehead atoms. The number of halogens is 3. The number of carbonyl (C=O) groups excluding carboxylic acids is 1. The standard InChI is InChI=1S/C16H20F3N3O/c17-13-3-1-12(2-4-13)16(18,19)15(23)22-8-5-14(11-22)21-9-6-20-7-10-21/h1-4,14,20H,5-11H2. The molecule has 2 heterocycles. The van der Waals surface area contributed by atoms with Crippen LogP contribution in [0.5, 0.6) is 0 Å². The molecule has 1 N–H and O–H groups in total. The Labute approximate surface area is 133 Å². The second kappa shape index (κ2) is 6.49. The largest absolute Gasteiger partial charge is 0.349 e. The number of rotatable bonds is 3. The van der Waals surface area contributed by atoms with Crippen molar-refractivity contribution in [3.8, 4) is 0 Å². The molecule has 2 fully saturated rings. The summed E-state index contributed by atoms with van der Waals surface area (Å²) in [5, 5.41) is 3.25. The Morgan fingerprint density at radius 3 is 2.43 bits per heavy atom. The maximum absolute atomic E-state index is 14.4. The number of alkyl halides is 2. The Kier molecular flexibility index (Phi) is 4.59. The molecule has 2 aliphatic rings. The van der Waals surface area contributed by atoms with Gasteiger partial charge in [0.1, 0.15) is 5.82 Å². The van der Waals surface area contributed by atoms with Gasteiger partial charge in [0.25, 0.3) is 5.91 Å². The summed E-state index contributed by atoms with van der Waals surface area (Å²) in [5.41, 5.74) is -0.463. The SMILES string of the molecule is O=C(N1CCC(N2CCNCC2)C1)C(F)(F)c1ccc(F)cc1. The highest BCUT2D eigenvalue weighted by Crippen LogP contribution is 2.32. The fraction of sp³-hybridized carbons (Fsp3) is 0.562. The van der Waals surface area contributed by atoms with Gasteiger partial charge in [-0.3, -0.25) is 9.69 Å². The molecule has 1 atom stereocenters. The zero-order valence-corrected chi connectivity index (χ0v) is 12.8. The van der Waals surface area contributed by atoms with Crippen molar-refractivity contribution in [1.82, 2.24) is 15.1 Å². The average molecular weight is 327 g/mol. The van der Waals surface area contributed by atoms with Crippen LogP contribution in [-0.4, -0.2) is 61.0 Å². The number of amides is 1. The summed E-state index contributed by atoms with van der Waals surface area (Å²) < 4.78 is 41.6. The number of piperazine rings is 1. The Balaban J connectivity index is 1.66. The van der Waals surface area contributed by atoms with Crippen molar-refractivity contribution in [1.29, 1.82) is 0 Å². The van der Waals surface area contributed by atoms with Crippen molar-refractivity contribution in [2.75, 3.05) is 39.3 Å². The van der Waals surface area contributed by atoms with Crippen LogP contribution in [0.4, 0.5) is 13.2 Å². The fourth-order valence-corrected chi connectivity index (χ4v) is 3.25. The lowest BCUT2D eigenvalue weighted by molar-refractivity contribution is -0.158. The summed E-state index contributed by atoms with van der Waals surface area (Å²) in [5.74, 6) is -5.41. The number of hydrogen-bond acceptors (Lipinski definition) is 3. The Morgan fingerprint density at radius 1 is 1.13 bits per heavy atom. The summed E-state index contributed by atoms with van der Waals surface area (Å²) in [6, 6.07) is 3.98. The van der Waals surface area contributed by atoms with E-state index >= 15 is 0 Å². The Hall–Kier alpha value is -1.60. The van der Waals surface area contributed by atoms with E-state index in [9.17, 15) is 18.0 Å². The van der Waals surface area contributed by atoms with Crippen LogP contribution < -0.4 is 5.32 Å². The van der Waals surface area contributed by atoms with Gasteiger partial charge in [0.15, 0.2) is 0 Å². The van der Waals surface area contributed by atoms with E-state index in [0.29, 0.717) is 19.5 Å². The molecule has 7 heteroatoms. The molecule has 1 aromatic carbocycles. The van der Waals surface area contributed by atoms with Gasteiger partial charge >= 0.3 is 5.92 Å². The molecule has 1 unspecified atom stereocenters. The molecule has 3 rings (SSSR count). The van der Waals surface area contributed by atoms with Crippen LogP contribution in [0.25, 0.3) is 0 Å². The molecule has 126 valence electrons. The number of benzene rings is 1. The summed E-state index contributed by atoms with van der Waals surface area (Å²) in [6.45, 7) is 4.19. The summed E-state index contributed by atoms with van der Waals surface area (Å²) in [6.07, 6.45) is 0.714. The van der Waals surface area contributed by atoms with E-state index in [1.54, 1.807) is 0 Å². The second-order valence-electron chi connectivity index (χ2n) is 6.06. The lowest BCUT2D eigenvalue weighted by Crippen LogP contribution is -2.50. The van der Waals surface area contributed by atoms with Gasteiger partial charge < -0.3 is 10.2 Å². The van der Waals surface area contributed by atoms with Gasteiger partial charge in [0.2, 0.25) is 0 Å². The third-order valence-electron chi connectivity index (χ3n) is 4.59. The molecular formula is C16H20F3N3O. The van der Waals surface area contributed by atoms with Crippen LogP contribution in [0.1, 0.15) is 12.0 Å². The minimum absolute atomic E-state index is 0.144. The maximum atomic E-state index is 14.4. The highest BCUT2D eigenvalue weighted by molar-refractivity contribution is 5.85. The number of carbonyl (C=O) groups is 1. The van der Waals surface area contributed by atoms with E-state index in [-0.39, 0.29) is 6.04 Å². The monoisotopic (exact) mass is 327 g/mol. The molecule has 4 nitrogen and oxygen atoms in total. The fourth-order valence-electron chi connectivity index (χ4n) is 3.25. The molecule has 0 aliphatic carbocycles. The highest BCUT2D eigenvalue weighted by Gasteiger charge is 2.46. The average Bonchev–Trinajstić information content (AvgIpc) is 3.05. The van der Waals surface area contributed by atoms with Crippen LogP contribution >= 0.6 is 0 Å². The van der Waals surface area contributed by atoms with Gasteiger partial charge in [-0.2, -0.15) is 8.78 Å². The van der Waals surface area contributed by atoms with Crippen LogP contribution in [0.2, 0.25) is 0 Å². The highest BCUT2D eigenvalue weighted by atomic mass is 19.3. The molecule has 0 radical (unpaired) electrons. The van der Waals surface area contributed by atoms with E-state index in [1.807, 2.05) is 0 Å². The first-order chi connectivity index (χ1) is 11.0. The lowest BCUT2D eigenvalue weighted by Gasteiger charge is -2.32. The van der Waals surface area contributed by atoms with Crippen LogP contribution in [0.3, 0.4) is 0 Å². The molecule has 1 aromatic rings. The van der Waals surface area contributed by atoms with E-state index in [1.165, 1.54) is 4.90 Å². The van der Waals surface area contributed by atoms with Crippen LogP contribution in [0, 0.1) is 5.82 Å². The topological polar surface area (TPSA) is 35.6 Å². The van der Waals surface area contributed by atoms with Gasteiger partial charge in [-0.25, -0.2) is 4.39 Å². The smallest absolute Gasteiger partial charge is 0.336 e. The van der Waals surface area contributed by atoms with Gasteiger partial charge in [-0.05, 0) is 30.7 Å². The third-order valence-corrected chi connectivity index (χ3v) is 4.59. The molecule has 0 saturated carbocycles. The quantitative estimate of drug-likeness (QED) is 0.912. The minimum atomic E-state index is -3.62. The third kappa shape index (κ3) is 3.35. The number of likely N-dealkylation sites (tertiary alicyclic amines) is 1. The zero-order chi connectivity index (χ0) is 16.4. The van der Waals surface area contributed by atoms with Gasteiger partial charge in [-0.15, -0.1) is 0 Å². The second-order valence-corrected chi connectivity index (χ2v) is 6.06. The van der Waals surface area contributed by atoms with E-state index in [4.69, 9.17) is 0 Å². The van der Waals surface area contributed by atoms with Crippen molar-refractivity contribution in [3.63, 3.8) is 0 Å². The Morgan fingerprint density at radius 2 is 1.78 bits per heavy atom. The van der Waals surface area contributed by atoms with E-state index < -0.39 is 23.2 Å². The maximum Gasteiger partial charge on any atom is 0.349 e. The molecular weight excluding hydrogens is 307 g/mol. The van der Waals surface area contributed by atoms with Crippen LogP contribution in [-0.2, 0) is 10.7 Å². The number of nitrogens with one attached hydrogen (secondary N) is 1. The first kappa shape index (κ1) is 16.3. The van der Waals surface area contributed by atoms with Gasteiger partial charge in [-0.1, -0.05) is 0 Å². The number of nitrogens with zero attached hydrogens (tertiary/aromatic N) is 2. The molecule has 2 aliphatic heterocycles. The summed E-state index contributed by atoms with van der Waals surface area (Å²) >= 11 is 0. The lowest BCUT2D eigenvalue weighted by atomic mass is 10.1. The molecule has 23 heavy (non-hydrogen) atoms. The Bertz CT molecular complexity index is 558. The molecule has 0 aromatic heterocycles.